The first-order chi connectivity index (χ1) is 17.3. The molecule has 0 bridgehead atoms. The van der Waals surface area contributed by atoms with Crippen molar-refractivity contribution >= 4 is 11.8 Å². The Kier molecular flexibility index (Phi) is 7.76. The van der Waals surface area contributed by atoms with Gasteiger partial charge in [-0.3, -0.25) is 14.3 Å². The van der Waals surface area contributed by atoms with Crippen molar-refractivity contribution < 1.29 is 18.8 Å². The number of benzene rings is 1. The van der Waals surface area contributed by atoms with E-state index < -0.39 is 0 Å². The van der Waals surface area contributed by atoms with Crippen LogP contribution in [0.1, 0.15) is 64.9 Å². The summed E-state index contributed by atoms with van der Waals surface area (Å²) in [7, 11) is 5.30. The van der Waals surface area contributed by atoms with Crippen molar-refractivity contribution in [1.82, 2.24) is 24.7 Å². The molecule has 0 spiro atoms. The molecule has 0 N–H and O–H groups in total. The van der Waals surface area contributed by atoms with E-state index in [1.165, 1.54) is 0 Å². The van der Waals surface area contributed by atoms with E-state index in [0.29, 0.717) is 36.7 Å². The summed E-state index contributed by atoms with van der Waals surface area (Å²) < 4.78 is 12.4. The molecule has 1 unspecified atom stereocenters. The third-order valence-corrected chi connectivity index (χ3v) is 7.02. The average molecular weight is 494 g/mol. The lowest BCUT2D eigenvalue weighted by Gasteiger charge is -2.39. The number of aryl methyl sites for hydroxylation is 1. The second-order valence-corrected chi connectivity index (χ2v) is 9.81. The van der Waals surface area contributed by atoms with E-state index in [1.807, 2.05) is 48.9 Å². The van der Waals surface area contributed by atoms with Gasteiger partial charge in [0.15, 0.2) is 5.69 Å². The Bertz CT molecular complexity index is 1190. The molecule has 4 rings (SSSR count). The largest absolute Gasteiger partial charge is 0.497 e. The Morgan fingerprint density at radius 3 is 2.53 bits per heavy atom. The molecule has 192 valence electrons. The zero-order valence-corrected chi connectivity index (χ0v) is 21.7. The average Bonchev–Trinajstić information content (AvgIpc) is 3.56. The molecule has 3 heterocycles. The van der Waals surface area contributed by atoms with Crippen molar-refractivity contribution in [1.29, 1.82) is 0 Å². The molecule has 1 atom stereocenters. The highest BCUT2D eigenvalue weighted by Crippen LogP contribution is 2.29. The first kappa shape index (κ1) is 25.5. The Morgan fingerprint density at radius 1 is 1.17 bits per heavy atom. The molecule has 9 heteroatoms. The Balaban J connectivity index is 1.50. The maximum absolute atomic E-state index is 13.3. The number of piperidine rings is 1. The van der Waals surface area contributed by atoms with E-state index in [1.54, 1.807) is 37.2 Å². The first-order valence-corrected chi connectivity index (χ1v) is 12.4. The SMILES string of the molecule is COc1cccc(CC(C2CCN(C(=O)c3cc(C(C)C)on3)CC2)N(C)C(=O)c2ccn(C)n2)c1. The van der Waals surface area contributed by atoms with Crippen LogP contribution in [-0.4, -0.2) is 69.8 Å². The van der Waals surface area contributed by atoms with Gasteiger partial charge in [-0.15, -0.1) is 0 Å². The monoisotopic (exact) mass is 493 g/mol. The van der Waals surface area contributed by atoms with E-state index in [-0.39, 0.29) is 29.7 Å². The van der Waals surface area contributed by atoms with Gasteiger partial charge in [0, 0.05) is 51.4 Å². The number of carbonyl (C=O) groups excluding carboxylic acids is 2. The van der Waals surface area contributed by atoms with Gasteiger partial charge in [-0.25, -0.2) is 0 Å². The molecule has 1 aliphatic heterocycles. The number of hydrogen-bond donors (Lipinski definition) is 0. The summed E-state index contributed by atoms with van der Waals surface area (Å²) in [6.07, 6.45) is 4.03. The number of amides is 2. The topological polar surface area (TPSA) is 93.7 Å². The van der Waals surface area contributed by atoms with Crippen molar-refractivity contribution in [3.63, 3.8) is 0 Å². The molecule has 2 amide bonds. The van der Waals surface area contributed by atoms with Gasteiger partial charge in [-0.1, -0.05) is 31.1 Å². The van der Waals surface area contributed by atoms with Crippen molar-refractivity contribution in [3.8, 4) is 5.75 Å². The second-order valence-electron chi connectivity index (χ2n) is 9.81. The van der Waals surface area contributed by atoms with Gasteiger partial charge >= 0.3 is 0 Å². The minimum absolute atomic E-state index is 0.0524. The highest BCUT2D eigenvalue weighted by atomic mass is 16.5. The van der Waals surface area contributed by atoms with Crippen molar-refractivity contribution in [2.45, 2.75) is 45.1 Å². The number of likely N-dealkylation sites (tertiary alicyclic amines) is 1. The Hall–Kier alpha value is -3.62. The molecule has 36 heavy (non-hydrogen) atoms. The minimum Gasteiger partial charge on any atom is -0.497 e. The summed E-state index contributed by atoms with van der Waals surface area (Å²) in [5, 5.41) is 8.30. The standard InChI is InChI=1S/C27H35N5O4/c1-18(2)25-17-23(29-36-25)27(34)32-13-9-20(10-14-32)24(16-19-7-6-8-21(15-19)35-5)31(4)26(33)22-11-12-30(3)28-22/h6-8,11-12,15,17-18,20,24H,9-10,13-14,16H2,1-5H3. The predicted molar refractivity (Wildman–Crippen MR) is 135 cm³/mol. The van der Waals surface area contributed by atoms with E-state index >= 15 is 0 Å². The number of ether oxygens (including phenoxy) is 1. The lowest BCUT2D eigenvalue weighted by molar-refractivity contribution is 0.0514. The number of methoxy groups -OCH3 is 1. The van der Waals surface area contributed by atoms with Gasteiger partial charge < -0.3 is 19.1 Å². The third kappa shape index (κ3) is 5.61. The summed E-state index contributed by atoms with van der Waals surface area (Å²) in [5.41, 5.74) is 1.88. The summed E-state index contributed by atoms with van der Waals surface area (Å²) in [4.78, 5) is 30.0. The van der Waals surface area contributed by atoms with Gasteiger partial charge in [0.2, 0.25) is 0 Å². The smallest absolute Gasteiger partial charge is 0.276 e. The van der Waals surface area contributed by atoms with Gasteiger partial charge in [-0.05, 0) is 48.9 Å². The number of rotatable bonds is 8. The molecular weight excluding hydrogens is 458 g/mol. The molecule has 1 saturated heterocycles. The zero-order valence-electron chi connectivity index (χ0n) is 21.7. The molecule has 0 aliphatic carbocycles. The van der Waals surface area contributed by atoms with Gasteiger partial charge in [-0.2, -0.15) is 5.10 Å². The van der Waals surface area contributed by atoms with Crippen LogP contribution >= 0.6 is 0 Å². The lowest BCUT2D eigenvalue weighted by atomic mass is 9.84. The number of carbonyl (C=O) groups is 2. The van der Waals surface area contributed by atoms with Crippen molar-refractivity contribution in [3.05, 3.63) is 65.3 Å². The quantitative estimate of drug-likeness (QED) is 0.474. The predicted octanol–water partition coefficient (Wildman–Crippen LogP) is 3.78. The zero-order chi connectivity index (χ0) is 25.8. The first-order valence-electron chi connectivity index (χ1n) is 12.4. The maximum atomic E-state index is 13.3. The van der Waals surface area contributed by atoms with Gasteiger partial charge in [0.05, 0.1) is 7.11 Å². The summed E-state index contributed by atoms with van der Waals surface area (Å²) >= 11 is 0. The van der Waals surface area contributed by atoms with Crippen molar-refractivity contribution in [2.75, 3.05) is 27.2 Å². The fraction of sp³-hybridized carbons (Fsp3) is 0.481. The van der Waals surface area contributed by atoms with E-state index in [0.717, 1.165) is 24.2 Å². The summed E-state index contributed by atoms with van der Waals surface area (Å²) in [5.74, 6) is 1.69. The molecule has 1 aromatic carbocycles. The van der Waals surface area contributed by atoms with Crippen LogP contribution in [-0.2, 0) is 13.5 Å². The van der Waals surface area contributed by atoms with Crippen LogP contribution in [0.4, 0.5) is 0 Å². The highest BCUT2D eigenvalue weighted by Gasteiger charge is 2.34. The lowest BCUT2D eigenvalue weighted by Crippen LogP contribution is -2.48. The molecule has 1 fully saturated rings. The minimum atomic E-state index is -0.106. The highest BCUT2D eigenvalue weighted by molar-refractivity contribution is 5.93. The number of likely N-dealkylation sites (N-methyl/N-ethyl adjacent to an activating group) is 1. The molecule has 0 saturated carbocycles. The molecule has 3 aromatic rings. The van der Waals surface area contributed by atoms with Gasteiger partial charge in [0.25, 0.3) is 11.8 Å². The molecule has 1 aliphatic rings. The van der Waals surface area contributed by atoms with Crippen LogP contribution in [0.15, 0.2) is 47.1 Å². The van der Waals surface area contributed by atoms with Crippen LogP contribution in [0.2, 0.25) is 0 Å². The second kappa shape index (κ2) is 11.0. The van der Waals surface area contributed by atoms with Crippen LogP contribution in [0.5, 0.6) is 5.75 Å². The van der Waals surface area contributed by atoms with E-state index in [2.05, 4.69) is 16.3 Å². The Labute approximate surface area is 212 Å². The van der Waals surface area contributed by atoms with E-state index in [9.17, 15) is 9.59 Å². The maximum Gasteiger partial charge on any atom is 0.276 e. The fourth-order valence-corrected chi connectivity index (χ4v) is 4.83. The van der Waals surface area contributed by atoms with Crippen LogP contribution < -0.4 is 4.74 Å². The number of nitrogens with zero attached hydrogens (tertiary/aromatic N) is 5. The number of aromatic nitrogens is 3. The van der Waals surface area contributed by atoms with Gasteiger partial charge in [0.1, 0.15) is 17.2 Å². The van der Waals surface area contributed by atoms with Crippen LogP contribution in [0.3, 0.4) is 0 Å². The van der Waals surface area contributed by atoms with Crippen LogP contribution in [0.25, 0.3) is 0 Å². The number of hydrogen-bond acceptors (Lipinski definition) is 6. The van der Waals surface area contributed by atoms with E-state index in [4.69, 9.17) is 9.26 Å². The summed E-state index contributed by atoms with van der Waals surface area (Å²) in [6.45, 7) is 5.22. The molecule has 0 radical (unpaired) electrons. The third-order valence-electron chi connectivity index (χ3n) is 7.02. The summed E-state index contributed by atoms with van der Waals surface area (Å²) in [6, 6.07) is 11.4. The molecular formula is C27H35N5O4. The fourth-order valence-electron chi connectivity index (χ4n) is 4.83. The van der Waals surface area contributed by atoms with Crippen LogP contribution in [0, 0.1) is 5.92 Å². The molecule has 9 nitrogen and oxygen atoms in total. The molecule has 2 aromatic heterocycles. The van der Waals surface area contributed by atoms with Crippen molar-refractivity contribution in [2.24, 2.45) is 13.0 Å². The Morgan fingerprint density at radius 2 is 1.92 bits per heavy atom. The normalized spacial score (nSPS) is 15.2.